The van der Waals surface area contributed by atoms with E-state index in [1.54, 1.807) is 29.0 Å². The van der Waals surface area contributed by atoms with Crippen molar-refractivity contribution in [2.24, 2.45) is 5.92 Å². The maximum Gasteiger partial charge on any atom is 0.335 e. The Morgan fingerprint density at radius 2 is 1.81 bits per heavy atom. The standard InChI is InChI=1S/C24H18Cl2FNO3/c25-17-2-1-3-18(26)21(17)23(29)16-11-28(20-9-6-13(24(30)31)10-19(20)27)22-14-7-4-12(14)5-8-15(16)22/h1-3,6,9-12,14H,4-5,7-8H2,(H,30,31). The highest BCUT2D eigenvalue weighted by atomic mass is 35.5. The third-order valence-electron chi connectivity index (χ3n) is 6.57. The van der Waals surface area contributed by atoms with Crippen LogP contribution in [-0.2, 0) is 6.42 Å². The summed E-state index contributed by atoms with van der Waals surface area (Å²) in [7, 11) is 0. The van der Waals surface area contributed by atoms with E-state index in [2.05, 4.69) is 0 Å². The van der Waals surface area contributed by atoms with Crippen LogP contribution in [0.2, 0.25) is 10.0 Å². The summed E-state index contributed by atoms with van der Waals surface area (Å²) in [5, 5.41) is 9.70. The number of carbonyl (C=O) groups is 2. The van der Waals surface area contributed by atoms with E-state index in [0.29, 0.717) is 11.5 Å². The maximum atomic E-state index is 15.0. The minimum Gasteiger partial charge on any atom is -0.478 e. The Bertz CT molecular complexity index is 1230. The average molecular weight is 458 g/mol. The quantitative estimate of drug-likeness (QED) is 0.468. The highest BCUT2D eigenvalue weighted by Crippen LogP contribution is 2.51. The second kappa shape index (κ2) is 7.50. The van der Waals surface area contributed by atoms with Crippen LogP contribution in [-0.4, -0.2) is 21.4 Å². The smallest absolute Gasteiger partial charge is 0.335 e. The van der Waals surface area contributed by atoms with Gasteiger partial charge in [0.25, 0.3) is 0 Å². The summed E-state index contributed by atoms with van der Waals surface area (Å²) in [4.78, 5) is 24.7. The summed E-state index contributed by atoms with van der Waals surface area (Å²) in [6.45, 7) is 0. The largest absolute Gasteiger partial charge is 0.478 e. The monoisotopic (exact) mass is 457 g/mol. The van der Waals surface area contributed by atoms with Gasteiger partial charge < -0.3 is 9.67 Å². The van der Waals surface area contributed by atoms with Gasteiger partial charge in [0, 0.05) is 23.4 Å². The molecular weight excluding hydrogens is 440 g/mol. The molecule has 7 heteroatoms. The van der Waals surface area contributed by atoms with Crippen molar-refractivity contribution in [1.29, 1.82) is 0 Å². The number of rotatable bonds is 4. The fourth-order valence-electron chi connectivity index (χ4n) is 4.91. The number of fused-ring (bicyclic) bond motifs is 3. The SMILES string of the molecule is O=C(O)c1ccc(-n2cc(C(=O)c3c(Cl)cccc3Cl)c3c2C2CCC2CC3)c(F)c1. The molecule has 2 aliphatic carbocycles. The second-order valence-corrected chi connectivity index (χ2v) is 8.97. The van der Waals surface area contributed by atoms with Gasteiger partial charge in [-0.2, -0.15) is 0 Å². The van der Waals surface area contributed by atoms with Gasteiger partial charge in [0.05, 0.1) is 26.9 Å². The van der Waals surface area contributed by atoms with Gasteiger partial charge in [0.2, 0.25) is 0 Å². The van der Waals surface area contributed by atoms with Crippen molar-refractivity contribution in [2.45, 2.75) is 31.6 Å². The van der Waals surface area contributed by atoms with Crippen molar-refractivity contribution in [2.75, 3.05) is 0 Å². The van der Waals surface area contributed by atoms with E-state index < -0.39 is 11.8 Å². The number of ketones is 1. The predicted octanol–water partition coefficient (Wildman–Crippen LogP) is 6.29. The lowest BCUT2D eigenvalue weighted by atomic mass is 9.65. The molecule has 0 amide bonds. The third kappa shape index (κ3) is 3.19. The molecule has 2 aromatic carbocycles. The van der Waals surface area contributed by atoms with Gasteiger partial charge in [-0.05, 0) is 67.5 Å². The summed E-state index contributed by atoms with van der Waals surface area (Å²) in [5.41, 5.74) is 2.67. The van der Waals surface area contributed by atoms with E-state index in [1.807, 2.05) is 0 Å². The van der Waals surface area contributed by atoms with Gasteiger partial charge in [0.15, 0.2) is 5.78 Å². The topological polar surface area (TPSA) is 59.3 Å². The molecule has 5 rings (SSSR count). The Balaban J connectivity index is 1.70. The zero-order valence-electron chi connectivity index (χ0n) is 16.4. The summed E-state index contributed by atoms with van der Waals surface area (Å²) in [5.74, 6) is -1.34. The molecular formula is C24H18Cl2FNO3. The number of carboxylic acid groups (broad SMARTS) is 1. The Morgan fingerprint density at radius 1 is 1.06 bits per heavy atom. The highest BCUT2D eigenvalue weighted by Gasteiger charge is 2.41. The van der Waals surface area contributed by atoms with Crippen LogP contribution in [0.4, 0.5) is 4.39 Å². The number of halogens is 3. The van der Waals surface area contributed by atoms with Gasteiger partial charge in [0.1, 0.15) is 5.82 Å². The molecule has 1 fully saturated rings. The number of benzene rings is 2. The van der Waals surface area contributed by atoms with E-state index in [1.165, 1.54) is 12.1 Å². The van der Waals surface area contributed by atoms with Crippen LogP contribution in [0.3, 0.4) is 0 Å². The molecule has 3 aromatic rings. The number of hydrogen-bond donors (Lipinski definition) is 1. The van der Waals surface area contributed by atoms with Crippen molar-refractivity contribution in [3.05, 3.63) is 86.4 Å². The first-order chi connectivity index (χ1) is 14.9. The highest BCUT2D eigenvalue weighted by molar-refractivity contribution is 6.41. The van der Waals surface area contributed by atoms with Crippen molar-refractivity contribution < 1.29 is 19.1 Å². The Hall–Kier alpha value is -2.63. The molecule has 0 saturated heterocycles. The van der Waals surface area contributed by atoms with E-state index in [0.717, 1.165) is 43.0 Å². The van der Waals surface area contributed by atoms with Crippen LogP contribution in [0.15, 0.2) is 42.6 Å². The minimum atomic E-state index is -1.19. The fraction of sp³-hybridized carbons (Fsp3) is 0.250. The Labute approximate surface area is 188 Å². The lowest BCUT2D eigenvalue weighted by molar-refractivity contribution is 0.0696. The molecule has 1 heterocycles. The number of aromatic carboxylic acids is 1. The number of carboxylic acids is 1. The lowest BCUT2D eigenvalue weighted by Gasteiger charge is -2.41. The van der Waals surface area contributed by atoms with Crippen molar-refractivity contribution >= 4 is 35.0 Å². The van der Waals surface area contributed by atoms with E-state index in [9.17, 15) is 14.0 Å². The molecule has 0 spiro atoms. The molecule has 2 atom stereocenters. The van der Waals surface area contributed by atoms with Gasteiger partial charge in [-0.25, -0.2) is 9.18 Å². The number of nitrogens with zero attached hydrogens (tertiary/aromatic N) is 1. The molecule has 1 N–H and O–H groups in total. The van der Waals surface area contributed by atoms with Crippen molar-refractivity contribution in [1.82, 2.24) is 4.57 Å². The molecule has 2 unspecified atom stereocenters. The molecule has 2 aliphatic rings. The molecule has 4 nitrogen and oxygen atoms in total. The predicted molar refractivity (Wildman–Crippen MR) is 116 cm³/mol. The van der Waals surface area contributed by atoms with Gasteiger partial charge in [-0.3, -0.25) is 4.79 Å². The molecule has 0 radical (unpaired) electrons. The van der Waals surface area contributed by atoms with Gasteiger partial charge >= 0.3 is 5.97 Å². The summed E-state index contributed by atoms with van der Waals surface area (Å²) in [6.07, 6.45) is 5.47. The van der Waals surface area contributed by atoms with Gasteiger partial charge in [-0.15, -0.1) is 0 Å². The second-order valence-electron chi connectivity index (χ2n) is 8.16. The fourth-order valence-corrected chi connectivity index (χ4v) is 5.48. The van der Waals surface area contributed by atoms with E-state index >= 15 is 0 Å². The summed E-state index contributed by atoms with van der Waals surface area (Å²) >= 11 is 12.6. The van der Waals surface area contributed by atoms with Crippen LogP contribution < -0.4 is 0 Å². The first-order valence-electron chi connectivity index (χ1n) is 10.1. The first-order valence-corrected chi connectivity index (χ1v) is 10.9. The van der Waals surface area contributed by atoms with Crippen LogP contribution in [0.25, 0.3) is 5.69 Å². The van der Waals surface area contributed by atoms with E-state index in [-0.39, 0.29) is 38.6 Å². The van der Waals surface area contributed by atoms with Crippen molar-refractivity contribution in [3.63, 3.8) is 0 Å². The van der Waals surface area contributed by atoms with Crippen LogP contribution >= 0.6 is 23.2 Å². The summed E-state index contributed by atoms with van der Waals surface area (Å²) < 4.78 is 16.7. The van der Waals surface area contributed by atoms with Crippen LogP contribution in [0.1, 0.15) is 62.7 Å². The molecule has 0 bridgehead atoms. The summed E-state index contributed by atoms with van der Waals surface area (Å²) in [6, 6.07) is 8.77. The van der Waals surface area contributed by atoms with Crippen LogP contribution in [0, 0.1) is 11.7 Å². The zero-order chi connectivity index (χ0) is 21.9. The Morgan fingerprint density at radius 3 is 2.42 bits per heavy atom. The Kier molecular flexibility index (Phi) is 4.91. The molecule has 158 valence electrons. The molecule has 31 heavy (non-hydrogen) atoms. The number of aromatic nitrogens is 1. The number of carbonyl (C=O) groups excluding carboxylic acids is 1. The molecule has 1 aromatic heterocycles. The number of hydrogen-bond acceptors (Lipinski definition) is 2. The molecule has 0 aliphatic heterocycles. The van der Waals surface area contributed by atoms with E-state index in [4.69, 9.17) is 28.3 Å². The lowest BCUT2D eigenvalue weighted by Crippen LogP contribution is -2.31. The minimum absolute atomic E-state index is 0.122. The van der Waals surface area contributed by atoms with Crippen molar-refractivity contribution in [3.8, 4) is 5.69 Å². The van der Waals surface area contributed by atoms with Gasteiger partial charge in [-0.1, -0.05) is 29.3 Å². The molecule has 1 saturated carbocycles. The third-order valence-corrected chi connectivity index (χ3v) is 7.20. The average Bonchev–Trinajstić information content (AvgIpc) is 3.06. The normalized spacial score (nSPS) is 19.3. The van der Waals surface area contributed by atoms with Crippen LogP contribution in [0.5, 0.6) is 0 Å². The maximum absolute atomic E-state index is 15.0. The zero-order valence-corrected chi connectivity index (χ0v) is 17.9. The first kappa shape index (κ1) is 20.3.